The predicted molar refractivity (Wildman–Crippen MR) is 121 cm³/mol. The zero-order chi connectivity index (χ0) is 23.3. The highest BCUT2D eigenvalue weighted by molar-refractivity contribution is 7.99. The van der Waals surface area contributed by atoms with Crippen LogP contribution in [0.25, 0.3) is 0 Å². The van der Waals surface area contributed by atoms with Crippen LogP contribution in [0.1, 0.15) is 24.0 Å². The second-order valence-corrected chi connectivity index (χ2v) is 8.86. The van der Waals surface area contributed by atoms with Gasteiger partial charge in [-0.1, -0.05) is 42.1 Å². The van der Waals surface area contributed by atoms with E-state index in [0.717, 1.165) is 40.8 Å². The smallest absolute Gasteiger partial charge is 0.354 e. The first-order valence-electron chi connectivity index (χ1n) is 10.6. The summed E-state index contributed by atoms with van der Waals surface area (Å²) in [6.07, 6.45) is 0.412. The van der Waals surface area contributed by atoms with Crippen molar-refractivity contribution in [2.45, 2.75) is 35.5 Å². The van der Waals surface area contributed by atoms with Crippen molar-refractivity contribution in [3.63, 3.8) is 0 Å². The van der Waals surface area contributed by atoms with Crippen LogP contribution in [0.15, 0.2) is 76.9 Å². The van der Waals surface area contributed by atoms with Gasteiger partial charge in [0.05, 0.1) is 11.5 Å². The summed E-state index contributed by atoms with van der Waals surface area (Å²) in [4.78, 5) is 24.9. The third-order valence-corrected chi connectivity index (χ3v) is 6.41. The van der Waals surface area contributed by atoms with Gasteiger partial charge in [-0.25, -0.2) is 9.97 Å². The van der Waals surface area contributed by atoms with Crippen molar-refractivity contribution in [3.8, 4) is 0 Å². The maximum absolute atomic E-state index is 12.9. The van der Waals surface area contributed by atoms with E-state index in [4.69, 9.17) is 0 Å². The lowest BCUT2D eigenvalue weighted by molar-refractivity contribution is -0.137. The highest BCUT2D eigenvalue weighted by Gasteiger charge is 2.31. The molecule has 0 saturated carbocycles. The highest BCUT2D eigenvalue weighted by atomic mass is 32.2. The Morgan fingerprint density at radius 1 is 1.09 bits per heavy atom. The van der Waals surface area contributed by atoms with Crippen LogP contribution in [0.2, 0.25) is 0 Å². The van der Waals surface area contributed by atoms with Crippen molar-refractivity contribution in [3.05, 3.63) is 78.1 Å². The van der Waals surface area contributed by atoms with Gasteiger partial charge in [-0.2, -0.15) is 13.2 Å². The molecule has 0 spiro atoms. The van der Waals surface area contributed by atoms with Crippen molar-refractivity contribution in [1.29, 1.82) is 0 Å². The Bertz CT molecular complexity index is 1090. The number of aromatic nitrogens is 2. The average molecular weight is 473 g/mol. The van der Waals surface area contributed by atoms with Crippen LogP contribution >= 0.6 is 11.8 Å². The second kappa shape index (κ2) is 10.2. The lowest BCUT2D eigenvalue weighted by atomic mass is 9.97. The summed E-state index contributed by atoms with van der Waals surface area (Å²) >= 11 is 1.52. The summed E-state index contributed by atoms with van der Waals surface area (Å²) in [6, 6.07) is 14.9. The van der Waals surface area contributed by atoms with Crippen molar-refractivity contribution in [1.82, 2.24) is 15.3 Å². The van der Waals surface area contributed by atoms with Gasteiger partial charge in [0.1, 0.15) is 5.03 Å². The number of alkyl halides is 3. The van der Waals surface area contributed by atoms with E-state index in [1.165, 1.54) is 17.8 Å². The van der Waals surface area contributed by atoms with Gasteiger partial charge in [0, 0.05) is 36.9 Å². The molecule has 1 unspecified atom stereocenters. The minimum atomic E-state index is -4.41. The molecule has 33 heavy (non-hydrogen) atoms. The molecule has 2 heterocycles. The Balaban J connectivity index is 1.40. The molecule has 0 radical (unpaired) electrons. The summed E-state index contributed by atoms with van der Waals surface area (Å²) < 4.78 is 38.8. The van der Waals surface area contributed by atoms with Gasteiger partial charge in [0.25, 0.3) is 0 Å². The molecule has 1 N–H and O–H groups in total. The molecular formula is C24H23F3N4OS. The van der Waals surface area contributed by atoms with Crippen molar-refractivity contribution in [2.75, 3.05) is 18.0 Å². The number of nitrogens with zero attached hydrogens (tertiary/aromatic N) is 3. The molecule has 4 rings (SSSR count). The van der Waals surface area contributed by atoms with Gasteiger partial charge in [0.15, 0.2) is 5.82 Å². The van der Waals surface area contributed by atoms with Gasteiger partial charge in [0.2, 0.25) is 5.91 Å². The second-order valence-electron chi connectivity index (χ2n) is 7.80. The number of rotatable bonds is 6. The van der Waals surface area contributed by atoms with Gasteiger partial charge in [-0.3, -0.25) is 4.79 Å². The molecule has 1 atom stereocenters. The summed E-state index contributed by atoms with van der Waals surface area (Å²) in [5.74, 6) is 0.293. The van der Waals surface area contributed by atoms with Crippen molar-refractivity contribution >= 4 is 23.5 Å². The first kappa shape index (κ1) is 23.1. The number of halogens is 3. The molecule has 0 bridgehead atoms. The number of anilines is 1. The SMILES string of the molecule is O=C(NCc1cccc(C(F)(F)F)c1)C1CCCN(c2nccnc2Sc2ccccc2)C1. The molecule has 2 aromatic carbocycles. The van der Waals surface area contributed by atoms with E-state index >= 15 is 0 Å². The first-order chi connectivity index (χ1) is 15.9. The van der Waals surface area contributed by atoms with Gasteiger partial charge in [-0.05, 0) is 42.7 Å². The molecule has 3 aromatic rings. The van der Waals surface area contributed by atoms with Gasteiger partial charge in [-0.15, -0.1) is 0 Å². The van der Waals surface area contributed by atoms with Crippen LogP contribution in [-0.4, -0.2) is 29.0 Å². The first-order valence-corrected chi connectivity index (χ1v) is 11.4. The number of carbonyl (C=O) groups is 1. The van der Waals surface area contributed by atoms with E-state index < -0.39 is 11.7 Å². The third-order valence-electron chi connectivity index (χ3n) is 5.42. The van der Waals surface area contributed by atoms with E-state index in [2.05, 4.69) is 20.2 Å². The van der Waals surface area contributed by atoms with Crippen molar-refractivity contribution in [2.24, 2.45) is 5.92 Å². The zero-order valence-corrected chi connectivity index (χ0v) is 18.6. The lowest BCUT2D eigenvalue weighted by Crippen LogP contribution is -2.43. The van der Waals surface area contributed by atoms with Gasteiger partial charge >= 0.3 is 6.18 Å². The molecule has 1 fully saturated rings. The van der Waals surface area contributed by atoms with Crippen LogP contribution in [0.5, 0.6) is 0 Å². The van der Waals surface area contributed by atoms with E-state index in [-0.39, 0.29) is 18.4 Å². The summed E-state index contributed by atoms with van der Waals surface area (Å²) in [5.41, 5.74) is -0.300. The number of hydrogen-bond acceptors (Lipinski definition) is 5. The molecule has 1 aliphatic heterocycles. The fourth-order valence-corrected chi connectivity index (χ4v) is 4.68. The van der Waals surface area contributed by atoms with Crippen LogP contribution in [0, 0.1) is 5.92 Å². The zero-order valence-electron chi connectivity index (χ0n) is 17.8. The van der Waals surface area contributed by atoms with E-state index in [9.17, 15) is 18.0 Å². The lowest BCUT2D eigenvalue weighted by Gasteiger charge is -2.33. The summed E-state index contributed by atoms with van der Waals surface area (Å²) in [7, 11) is 0. The number of carbonyl (C=O) groups excluding carboxylic acids is 1. The molecule has 172 valence electrons. The maximum atomic E-state index is 12.9. The number of nitrogens with one attached hydrogen (secondary N) is 1. The monoisotopic (exact) mass is 472 g/mol. The molecule has 1 saturated heterocycles. The molecule has 9 heteroatoms. The Kier molecular flexibility index (Phi) is 7.17. The number of benzene rings is 2. The van der Waals surface area contributed by atoms with Crippen LogP contribution in [-0.2, 0) is 17.5 Å². The maximum Gasteiger partial charge on any atom is 0.416 e. The molecule has 0 aliphatic carbocycles. The normalized spacial score (nSPS) is 16.5. The van der Waals surface area contributed by atoms with Crippen molar-refractivity contribution < 1.29 is 18.0 Å². The number of amides is 1. The van der Waals surface area contributed by atoms with E-state index in [1.807, 2.05) is 30.3 Å². The van der Waals surface area contributed by atoms with Crippen LogP contribution < -0.4 is 10.2 Å². The summed E-state index contributed by atoms with van der Waals surface area (Å²) in [5, 5.41) is 3.57. The van der Waals surface area contributed by atoms with Crippen LogP contribution in [0.4, 0.5) is 19.0 Å². The largest absolute Gasteiger partial charge is 0.416 e. The van der Waals surface area contributed by atoms with E-state index in [0.29, 0.717) is 18.5 Å². The molecule has 1 aliphatic rings. The van der Waals surface area contributed by atoms with E-state index in [1.54, 1.807) is 18.5 Å². The molecule has 1 aromatic heterocycles. The fraction of sp³-hybridized carbons (Fsp3) is 0.292. The average Bonchev–Trinajstić information content (AvgIpc) is 2.83. The Morgan fingerprint density at radius 2 is 1.88 bits per heavy atom. The van der Waals surface area contributed by atoms with Crippen LogP contribution in [0.3, 0.4) is 0 Å². The highest BCUT2D eigenvalue weighted by Crippen LogP contribution is 2.34. The standard InChI is InChI=1S/C24H23F3N4OS/c25-24(26,27)19-8-4-6-17(14-19)15-30-22(32)18-7-5-13-31(16-18)21-23(29-12-11-28-21)33-20-9-2-1-3-10-20/h1-4,6,8-12,14,18H,5,7,13,15-16H2,(H,30,32). The third kappa shape index (κ3) is 6.04. The summed E-state index contributed by atoms with van der Waals surface area (Å²) in [6.45, 7) is 1.30. The van der Waals surface area contributed by atoms with Gasteiger partial charge < -0.3 is 10.2 Å². The Labute approximate surface area is 194 Å². The molecule has 1 amide bonds. The quantitative estimate of drug-likeness (QED) is 0.536. The Hall–Kier alpha value is -3.07. The number of hydrogen-bond donors (Lipinski definition) is 1. The number of piperidine rings is 1. The predicted octanol–water partition coefficient (Wildman–Crippen LogP) is 5.18. The minimum absolute atomic E-state index is 0.0551. The molecular weight excluding hydrogens is 449 g/mol. The minimum Gasteiger partial charge on any atom is -0.354 e. The topological polar surface area (TPSA) is 58.1 Å². The Morgan fingerprint density at radius 3 is 2.67 bits per heavy atom. The molecule has 5 nitrogen and oxygen atoms in total. The fourth-order valence-electron chi connectivity index (χ4n) is 3.78.